The van der Waals surface area contributed by atoms with Crippen LogP contribution in [0.4, 0.5) is 0 Å². The van der Waals surface area contributed by atoms with Gasteiger partial charge in [0, 0.05) is 18.9 Å². The first kappa shape index (κ1) is 11.7. The van der Waals surface area contributed by atoms with Gasteiger partial charge in [-0.1, -0.05) is 13.8 Å². The highest BCUT2D eigenvalue weighted by molar-refractivity contribution is 5.12. The first-order chi connectivity index (χ1) is 7.85. The lowest BCUT2D eigenvalue weighted by Crippen LogP contribution is -2.28. The van der Waals surface area contributed by atoms with E-state index in [4.69, 9.17) is 9.15 Å². The predicted octanol–water partition coefficient (Wildman–Crippen LogP) is 2.53. The maximum atomic E-state index is 5.84. The molecule has 2 unspecified atom stereocenters. The minimum Gasteiger partial charge on any atom is -0.464 e. The molecule has 1 fully saturated rings. The summed E-state index contributed by atoms with van der Waals surface area (Å²) >= 11 is 0. The fraction of sp³-hybridized carbons (Fsp3) is 0.692. The number of rotatable bonds is 5. The Balaban J connectivity index is 2.10. The van der Waals surface area contributed by atoms with Crippen molar-refractivity contribution >= 4 is 0 Å². The molecule has 0 aliphatic carbocycles. The Morgan fingerprint density at radius 2 is 2.31 bits per heavy atom. The SMILES string of the molecule is CCNC(c1ccc(CC)o1)C1CCOC1. The van der Waals surface area contributed by atoms with E-state index in [2.05, 4.69) is 31.3 Å². The van der Waals surface area contributed by atoms with Gasteiger partial charge in [-0.05, 0) is 25.1 Å². The van der Waals surface area contributed by atoms with Crippen LogP contribution in [-0.4, -0.2) is 19.8 Å². The van der Waals surface area contributed by atoms with Gasteiger partial charge in [-0.3, -0.25) is 0 Å². The fourth-order valence-corrected chi connectivity index (χ4v) is 2.29. The van der Waals surface area contributed by atoms with Gasteiger partial charge in [0.1, 0.15) is 11.5 Å². The highest BCUT2D eigenvalue weighted by Crippen LogP contribution is 2.29. The van der Waals surface area contributed by atoms with Gasteiger partial charge >= 0.3 is 0 Å². The van der Waals surface area contributed by atoms with Crippen LogP contribution in [0.15, 0.2) is 16.5 Å². The monoisotopic (exact) mass is 223 g/mol. The molecule has 2 rings (SSSR count). The summed E-state index contributed by atoms with van der Waals surface area (Å²) in [5.74, 6) is 2.68. The van der Waals surface area contributed by atoms with Crippen LogP contribution in [0.2, 0.25) is 0 Å². The maximum absolute atomic E-state index is 5.84. The fourth-order valence-electron chi connectivity index (χ4n) is 2.29. The van der Waals surface area contributed by atoms with Gasteiger partial charge in [-0.25, -0.2) is 0 Å². The summed E-state index contributed by atoms with van der Waals surface area (Å²) in [4.78, 5) is 0. The molecule has 1 aromatic rings. The second kappa shape index (κ2) is 5.51. The molecule has 3 nitrogen and oxygen atoms in total. The van der Waals surface area contributed by atoms with Crippen molar-refractivity contribution in [1.29, 1.82) is 0 Å². The molecule has 16 heavy (non-hydrogen) atoms. The predicted molar refractivity (Wildman–Crippen MR) is 63.4 cm³/mol. The normalized spacial score (nSPS) is 22.5. The molecule has 0 bridgehead atoms. The third-order valence-electron chi connectivity index (χ3n) is 3.20. The highest BCUT2D eigenvalue weighted by Gasteiger charge is 2.28. The number of hydrogen-bond acceptors (Lipinski definition) is 3. The lowest BCUT2D eigenvalue weighted by molar-refractivity contribution is 0.173. The summed E-state index contributed by atoms with van der Waals surface area (Å²) in [7, 11) is 0. The molecular weight excluding hydrogens is 202 g/mol. The Bertz CT molecular complexity index is 315. The van der Waals surface area contributed by atoms with Crippen LogP contribution >= 0.6 is 0 Å². The van der Waals surface area contributed by atoms with Crippen molar-refractivity contribution in [2.45, 2.75) is 32.7 Å². The van der Waals surface area contributed by atoms with Crippen LogP contribution in [-0.2, 0) is 11.2 Å². The zero-order valence-corrected chi connectivity index (χ0v) is 10.2. The average Bonchev–Trinajstić information content (AvgIpc) is 2.97. The maximum Gasteiger partial charge on any atom is 0.121 e. The Hall–Kier alpha value is -0.800. The second-order valence-corrected chi connectivity index (χ2v) is 4.32. The molecule has 2 atom stereocenters. The smallest absolute Gasteiger partial charge is 0.121 e. The third-order valence-corrected chi connectivity index (χ3v) is 3.20. The molecule has 0 saturated carbocycles. The van der Waals surface area contributed by atoms with E-state index in [9.17, 15) is 0 Å². The first-order valence-electron chi connectivity index (χ1n) is 6.24. The number of ether oxygens (including phenoxy) is 1. The third kappa shape index (κ3) is 2.47. The zero-order chi connectivity index (χ0) is 11.4. The summed E-state index contributed by atoms with van der Waals surface area (Å²) in [5, 5.41) is 3.50. The molecule has 1 saturated heterocycles. The van der Waals surface area contributed by atoms with Crippen LogP contribution in [0.1, 0.15) is 37.8 Å². The van der Waals surface area contributed by atoms with Crippen LogP contribution in [0.25, 0.3) is 0 Å². The van der Waals surface area contributed by atoms with Gasteiger partial charge in [0.05, 0.1) is 12.6 Å². The van der Waals surface area contributed by atoms with Crippen LogP contribution < -0.4 is 5.32 Å². The first-order valence-corrected chi connectivity index (χ1v) is 6.24. The summed E-state index contributed by atoms with van der Waals surface area (Å²) in [6.45, 7) is 6.94. The van der Waals surface area contributed by atoms with Crippen molar-refractivity contribution in [3.63, 3.8) is 0 Å². The van der Waals surface area contributed by atoms with E-state index in [1.807, 2.05) is 0 Å². The largest absolute Gasteiger partial charge is 0.464 e. The van der Waals surface area contributed by atoms with Crippen LogP contribution in [0, 0.1) is 5.92 Å². The van der Waals surface area contributed by atoms with Crippen LogP contribution in [0.3, 0.4) is 0 Å². The lowest BCUT2D eigenvalue weighted by atomic mass is 9.97. The molecule has 0 spiro atoms. The Labute approximate surface area is 97.2 Å². The van der Waals surface area contributed by atoms with E-state index in [1.54, 1.807) is 0 Å². The quantitative estimate of drug-likeness (QED) is 0.833. The summed E-state index contributed by atoms with van der Waals surface area (Å²) in [6, 6.07) is 4.49. The summed E-state index contributed by atoms with van der Waals surface area (Å²) in [5.41, 5.74) is 0. The Kier molecular flexibility index (Phi) is 4.02. The van der Waals surface area contributed by atoms with Gasteiger partial charge in [0.15, 0.2) is 0 Å². The molecule has 90 valence electrons. The summed E-state index contributed by atoms with van der Waals surface area (Å²) < 4.78 is 11.3. The Morgan fingerprint density at radius 1 is 1.44 bits per heavy atom. The van der Waals surface area contributed by atoms with Crippen molar-refractivity contribution < 1.29 is 9.15 Å². The van der Waals surface area contributed by atoms with Crippen molar-refractivity contribution in [2.75, 3.05) is 19.8 Å². The van der Waals surface area contributed by atoms with Gasteiger partial charge < -0.3 is 14.5 Å². The Morgan fingerprint density at radius 3 is 2.88 bits per heavy atom. The second-order valence-electron chi connectivity index (χ2n) is 4.32. The molecule has 0 amide bonds. The van der Waals surface area contributed by atoms with E-state index in [0.717, 1.165) is 44.1 Å². The lowest BCUT2D eigenvalue weighted by Gasteiger charge is -2.21. The molecule has 0 radical (unpaired) electrons. The van der Waals surface area contributed by atoms with E-state index in [1.165, 1.54) is 0 Å². The van der Waals surface area contributed by atoms with Gasteiger partial charge in [0.2, 0.25) is 0 Å². The van der Waals surface area contributed by atoms with Gasteiger partial charge in [-0.15, -0.1) is 0 Å². The van der Waals surface area contributed by atoms with Gasteiger partial charge in [-0.2, -0.15) is 0 Å². The molecule has 1 N–H and O–H groups in total. The van der Waals surface area contributed by atoms with Gasteiger partial charge in [0.25, 0.3) is 0 Å². The van der Waals surface area contributed by atoms with Crippen molar-refractivity contribution in [2.24, 2.45) is 5.92 Å². The molecule has 1 aliphatic heterocycles. The molecule has 1 aromatic heterocycles. The van der Waals surface area contributed by atoms with E-state index >= 15 is 0 Å². The van der Waals surface area contributed by atoms with E-state index in [0.29, 0.717) is 12.0 Å². The molecule has 3 heteroatoms. The highest BCUT2D eigenvalue weighted by atomic mass is 16.5. The minimum absolute atomic E-state index is 0.313. The standard InChI is InChI=1S/C13H21NO2/c1-3-11-5-6-12(16-11)13(14-4-2)10-7-8-15-9-10/h5-6,10,13-14H,3-4,7-9H2,1-2H3. The van der Waals surface area contributed by atoms with Crippen molar-refractivity contribution in [3.8, 4) is 0 Å². The molecule has 2 heterocycles. The van der Waals surface area contributed by atoms with E-state index in [-0.39, 0.29) is 0 Å². The average molecular weight is 223 g/mol. The number of aryl methyl sites for hydroxylation is 1. The zero-order valence-electron chi connectivity index (χ0n) is 10.2. The van der Waals surface area contributed by atoms with E-state index < -0.39 is 0 Å². The number of furan rings is 1. The topological polar surface area (TPSA) is 34.4 Å². The molecular formula is C13H21NO2. The molecule has 1 aliphatic rings. The molecule has 0 aromatic carbocycles. The van der Waals surface area contributed by atoms with Crippen LogP contribution in [0.5, 0.6) is 0 Å². The number of nitrogens with one attached hydrogen (secondary N) is 1. The van der Waals surface area contributed by atoms with Crippen molar-refractivity contribution in [1.82, 2.24) is 5.32 Å². The summed E-state index contributed by atoms with van der Waals surface area (Å²) in [6.07, 6.45) is 2.08. The number of hydrogen-bond donors (Lipinski definition) is 1. The minimum atomic E-state index is 0.313. The van der Waals surface area contributed by atoms with Crippen molar-refractivity contribution in [3.05, 3.63) is 23.7 Å².